The molecule has 0 aromatic heterocycles. The summed E-state index contributed by atoms with van der Waals surface area (Å²) in [6.07, 6.45) is 1.08. The summed E-state index contributed by atoms with van der Waals surface area (Å²) in [5.74, 6) is 0.419. The molecule has 0 saturated carbocycles. The third kappa shape index (κ3) is 4.21. The maximum atomic E-state index is 9.31. The van der Waals surface area contributed by atoms with Crippen molar-refractivity contribution in [3.63, 3.8) is 0 Å². The van der Waals surface area contributed by atoms with Gasteiger partial charge in [0.15, 0.2) is 0 Å². The Morgan fingerprint density at radius 3 is 2.75 bits per heavy atom. The van der Waals surface area contributed by atoms with E-state index >= 15 is 0 Å². The van der Waals surface area contributed by atoms with E-state index < -0.39 is 0 Å². The number of anilines is 1. The topological polar surface area (TPSA) is 35.5 Å². The molecule has 112 valence electrons. The number of nitrogens with zero attached hydrogens (tertiary/aromatic N) is 1. The molecular weight excluding hydrogens is 316 g/mol. The quantitative estimate of drug-likeness (QED) is 0.883. The summed E-state index contributed by atoms with van der Waals surface area (Å²) in [6, 6.07) is 6.48. The molecule has 1 aromatic carbocycles. The molecule has 0 bridgehead atoms. The van der Waals surface area contributed by atoms with E-state index in [0.29, 0.717) is 12.5 Å². The third-order valence-corrected chi connectivity index (χ3v) is 4.23. The molecule has 1 aliphatic heterocycles. The minimum Gasteiger partial charge on any atom is -0.396 e. The van der Waals surface area contributed by atoms with Crippen molar-refractivity contribution in [3.05, 3.63) is 28.2 Å². The van der Waals surface area contributed by atoms with Gasteiger partial charge in [0, 0.05) is 47.9 Å². The van der Waals surface area contributed by atoms with E-state index in [2.05, 4.69) is 65.1 Å². The van der Waals surface area contributed by atoms with Crippen LogP contribution in [0.1, 0.15) is 32.8 Å². The Morgan fingerprint density at radius 2 is 2.15 bits per heavy atom. The summed E-state index contributed by atoms with van der Waals surface area (Å²) >= 11 is 3.56. The number of aliphatic hydroxyl groups excluding tert-OH is 1. The van der Waals surface area contributed by atoms with Crippen LogP contribution in [0.15, 0.2) is 22.7 Å². The standard InChI is InChI=1S/C16H25BrN2O/c1-16(2,3)18-9-13-8-14(17)4-5-15(13)19-7-6-12(10-19)11-20/h4-5,8,12,18,20H,6-7,9-11H2,1-3H3. The van der Waals surface area contributed by atoms with Crippen molar-refractivity contribution in [2.75, 3.05) is 24.6 Å². The van der Waals surface area contributed by atoms with E-state index in [1.165, 1.54) is 11.3 Å². The van der Waals surface area contributed by atoms with Crippen molar-refractivity contribution < 1.29 is 5.11 Å². The molecule has 4 heteroatoms. The fourth-order valence-electron chi connectivity index (χ4n) is 2.57. The van der Waals surface area contributed by atoms with Gasteiger partial charge >= 0.3 is 0 Å². The largest absolute Gasteiger partial charge is 0.396 e. The molecule has 1 aliphatic rings. The first-order valence-electron chi connectivity index (χ1n) is 7.28. The molecule has 1 atom stereocenters. The molecular formula is C16H25BrN2O. The summed E-state index contributed by atoms with van der Waals surface area (Å²) in [4.78, 5) is 2.40. The second-order valence-electron chi connectivity index (χ2n) is 6.66. The van der Waals surface area contributed by atoms with Crippen LogP contribution in [-0.2, 0) is 6.54 Å². The Morgan fingerprint density at radius 1 is 1.40 bits per heavy atom. The fraction of sp³-hybridized carbons (Fsp3) is 0.625. The van der Waals surface area contributed by atoms with Gasteiger partial charge in [-0.3, -0.25) is 0 Å². The van der Waals surface area contributed by atoms with Crippen LogP contribution in [0.2, 0.25) is 0 Å². The zero-order valence-electron chi connectivity index (χ0n) is 12.6. The van der Waals surface area contributed by atoms with Gasteiger partial charge in [0.2, 0.25) is 0 Å². The van der Waals surface area contributed by atoms with Crippen LogP contribution in [-0.4, -0.2) is 30.3 Å². The number of aliphatic hydroxyl groups is 1. The first-order valence-corrected chi connectivity index (χ1v) is 8.07. The normalized spacial score (nSPS) is 19.6. The lowest BCUT2D eigenvalue weighted by Crippen LogP contribution is -2.35. The zero-order chi connectivity index (χ0) is 14.8. The average molecular weight is 341 g/mol. The molecule has 1 unspecified atom stereocenters. The molecule has 0 spiro atoms. The van der Waals surface area contributed by atoms with Crippen molar-refractivity contribution in [2.45, 2.75) is 39.3 Å². The molecule has 1 heterocycles. The Labute approximate surface area is 130 Å². The summed E-state index contributed by atoms with van der Waals surface area (Å²) in [7, 11) is 0. The zero-order valence-corrected chi connectivity index (χ0v) is 14.2. The number of benzene rings is 1. The van der Waals surface area contributed by atoms with Crippen molar-refractivity contribution in [1.82, 2.24) is 5.32 Å². The van der Waals surface area contributed by atoms with Crippen LogP contribution in [0.3, 0.4) is 0 Å². The Kier molecular flexibility index (Phi) is 5.10. The van der Waals surface area contributed by atoms with Crippen LogP contribution >= 0.6 is 15.9 Å². The molecule has 0 amide bonds. The summed E-state index contributed by atoms with van der Waals surface area (Å²) in [5, 5.41) is 12.9. The predicted molar refractivity (Wildman–Crippen MR) is 88.1 cm³/mol. The highest BCUT2D eigenvalue weighted by atomic mass is 79.9. The monoisotopic (exact) mass is 340 g/mol. The van der Waals surface area contributed by atoms with Gasteiger partial charge in [-0.2, -0.15) is 0 Å². The summed E-state index contributed by atoms with van der Waals surface area (Å²) < 4.78 is 1.12. The van der Waals surface area contributed by atoms with Crippen LogP contribution in [0.25, 0.3) is 0 Å². The van der Waals surface area contributed by atoms with E-state index in [-0.39, 0.29) is 5.54 Å². The van der Waals surface area contributed by atoms with Crippen molar-refractivity contribution in [1.29, 1.82) is 0 Å². The maximum Gasteiger partial charge on any atom is 0.0476 e. The van der Waals surface area contributed by atoms with Gasteiger partial charge in [-0.05, 0) is 51.0 Å². The number of hydrogen-bond donors (Lipinski definition) is 2. The van der Waals surface area contributed by atoms with E-state index in [1.807, 2.05) is 0 Å². The highest BCUT2D eigenvalue weighted by molar-refractivity contribution is 9.10. The van der Waals surface area contributed by atoms with Gasteiger partial charge in [-0.25, -0.2) is 0 Å². The molecule has 1 aromatic rings. The van der Waals surface area contributed by atoms with Gasteiger partial charge in [-0.1, -0.05) is 15.9 Å². The van der Waals surface area contributed by atoms with Crippen LogP contribution in [0.5, 0.6) is 0 Å². The van der Waals surface area contributed by atoms with Gasteiger partial charge in [0.1, 0.15) is 0 Å². The number of halogens is 1. The maximum absolute atomic E-state index is 9.31. The molecule has 0 aliphatic carbocycles. The first kappa shape index (κ1) is 15.8. The molecule has 2 N–H and O–H groups in total. The minimum atomic E-state index is 0.109. The van der Waals surface area contributed by atoms with E-state index in [0.717, 1.165) is 30.5 Å². The Hall–Kier alpha value is -0.580. The van der Waals surface area contributed by atoms with Gasteiger partial charge in [0.05, 0.1) is 0 Å². The van der Waals surface area contributed by atoms with Gasteiger partial charge in [-0.15, -0.1) is 0 Å². The highest BCUT2D eigenvalue weighted by Crippen LogP contribution is 2.29. The predicted octanol–water partition coefficient (Wildman–Crippen LogP) is 3.16. The van der Waals surface area contributed by atoms with Crippen molar-refractivity contribution in [2.24, 2.45) is 5.92 Å². The molecule has 1 saturated heterocycles. The fourth-order valence-corrected chi connectivity index (χ4v) is 2.97. The first-order chi connectivity index (χ1) is 9.39. The summed E-state index contributed by atoms with van der Waals surface area (Å²) in [5.41, 5.74) is 2.71. The van der Waals surface area contributed by atoms with Gasteiger partial charge < -0.3 is 15.3 Å². The molecule has 20 heavy (non-hydrogen) atoms. The van der Waals surface area contributed by atoms with E-state index in [9.17, 15) is 5.11 Å². The van der Waals surface area contributed by atoms with Crippen LogP contribution in [0, 0.1) is 5.92 Å². The Balaban J connectivity index is 2.16. The molecule has 0 radical (unpaired) electrons. The van der Waals surface area contributed by atoms with E-state index in [1.54, 1.807) is 0 Å². The number of nitrogens with one attached hydrogen (secondary N) is 1. The number of rotatable bonds is 4. The summed E-state index contributed by atoms with van der Waals surface area (Å²) in [6.45, 7) is 9.70. The lowest BCUT2D eigenvalue weighted by atomic mass is 10.1. The Bertz CT molecular complexity index is 456. The minimum absolute atomic E-state index is 0.109. The van der Waals surface area contributed by atoms with Crippen LogP contribution < -0.4 is 10.2 Å². The highest BCUT2D eigenvalue weighted by Gasteiger charge is 2.24. The second kappa shape index (κ2) is 6.46. The van der Waals surface area contributed by atoms with Gasteiger partial charge in [0.25, 0.3) is 0 Å². The average Bonchev–Trinajstić information content (AvgIpc) is 2.84. The smallest absolute Gasteiger partial charge is 0.0476 e. The lowest BCUT2D eigenvalue weighted by molar-refractivity contribution is 0.238. The molecule has 1 fully saturated rings. The SMILES string of the molecule is CC(C)(C)NCc1cc(Br)ccc1N1CCC(CO)C1. The third-order valence-electron chi connectivity index (χ3n) is 3.74. The van der Waals surface area contributed by atoms with Crippen LogP contribution in [0.4, 0.5) is 5.69 Å². The number of hydrogen-bond acceptors (Lipinski definition) is 3. The molecule has 3 nitrogen and oxygen atoms in total. The van der Waals surface area contributed by atoms with Crippen molar-refractivity contribution in [3.8, 4) is 0 Å². The van der Waals surface area contributed by atoms with E-state index in [4.69, 9.17) is 0 Å². The van der Waals surface area contributed by atoms with Crippen molar-refractivity contribution >= 4 is 21.6 Å². The lowest BCUT2D eigenvalue weighted by Gasteiger charge is -2.26. The second-order valence-corrected chi connectivity index (χ2v) is 7.58. The molecule has 2 rings (SSSR count).